The number of rotatable bonds is 12. The van der Waals surface area contributed by atoms with E-state index >= 15 is 0 Å². The smallest absolute Gasteiger partial charge is 0.124 e. The van der Waals surface area contributed by atoms with Gasteiger partial charge in [0, 0.05) is 72.9 Å². The van der Waals surface area contributed by atoms with E-state index in [0.717, 1.165) is 26.2 Å². The van der Waals surface area contributed by atoms with E-state index in [1.54, 1.807) is 0 Å². The lowest BCUT2D eigenvalue weighted by molar-refractivity contribution is -0.536. The Kier molecular flexibility index (Phi) is 10.1. The first-order valence-electron chi connectivity index (χ1n) is 14.5. The molecule has 8 heteroatoms. The number of hydrogen-bond donors (Lipinski definition) is 4. The lowest BCUT2D eigenvalue weighted by Gasteiger charge is -2.61. The third-order valence-corrected chi connectivity index (χ3v) is 7.40. The molecule has 8 nitrogen and oxygen atoms in total. The number of benzene rings is 2. The van der Waals surface area contributed by atoms with E-state index in [-0.39, 0.29) is 34.1 Å². The van der Waals surface area contributed by atoms with Crippen LogP contribution >= 0.6 is 0 Å². The Hall–Kier alpha value is -2.84. The van der Waals surface area contributed by atoms with Crippen molar-refractivity contribution >= 4 is 11.4 Å². The number of phenols is 4. The van der Waals surface area contributed by atoms with Crippen molar-refractivity contribution in [3.63, 3.8) is 0 Å². The standard InChI is InChI=1S/C32H48N2O6/c1-17(2)13-33(14-18(3)4)21-9-23(35)27(24(36)10-21)29-31(39)30(32(29)40)28-25(37)11-22(12-26(28)38)34(15-19(5)6)16-20(7)8/h9-12,17-20,29-32,35-38H,13-16H2,1-8H3/q-2. The van der Waals surface area contributed by atoms with Crippen molar-refractivity contribution in [2.45, 2.75) is 79.4 Å². The summed E-state index contributed by atoms with van der Waals surface area (Å²) < 4.78 is 0. The van der Waals surface area contributed by atoms with Gasteiger partial charge in [-0.1, -0.05) is 55.4 Å². The molecule has 0 aliphatic heterocycles. The summed E-state index contributed by atoms with van der Waals surface area (Å²) >= 11 is 0. The third kappa shape index (κ3) is 6.89. The maximum Gasteiger partial charge on any atom is 0.124 e. The van der Waals surface area contributed by atoms with E-state index in [2.05, 4.69) is 65.2 Å². The average Bonchev–Trinajstić information content (AvgIpc) is 2.81. The van der Waals surface area contributed by atoms with E-state index in [0.29, 0.717) is 35.0 Å². The van der Waals surface area contributed by atoms with Crippen LogP contribution in [0, 0.1) is 23.7 Å². The van der Waals surface area contributed by atoms with Gasteiger partial charge < -0.3 is 40.4 Å². The van der Waals surface area contributed by atoms with Crippen molar-refractivity contribution in [1.82, 2.24) is 0 Å². The van der Waals surface area contributed by atoms with Crippen LogP contribution in [0.25, 0.3) is 0 Å². The highest BCUT2D eigenvalue weighted by Crippen LogP contribution is 2.54. The van der Waals surface area contributed by atoms with Crippen LogP contribution in [-0.4, -0.2) is 58.8 Å². The maximum absolute atomic E-state index is 13.4. The van der Waals surface area contributed by atoms with Gasteiger partial charge in [-0.2, -0.15) is 0 Å². The molecule has 1 fully saturated rings. The summed E-state index contributed by atoms with van der Waals surface area (Å²) in [6.45, 7) is 19.6. The van der Waals surface area contributed by atoms with Crippen LogP contribution in [0.2, 0.25) is 0 Å². The molecule has 0 amide bonds. The molecule has 0 spiro atoms. The van der Waals surface area contributed by atoms with Gasteiger partial charge in [-0.15, -0.1) is 12.2 Å². The Labute approximate surface area is 239 Å². The topological polar surface area (TPSA) is 134 Å². The SMILES string of the molecule is CC(C)CN(CC(C)C)c1cc(O)c(C2C([O-])C(c3c(O)cc(N(CC(C)C)CC(C)C)cc3O)C2[O-])c(O)c1. The fraction of sp³-hybridized carbons (Fsp3) is 0.625. The predicted octanol–water partition coefficient (Wildman–Crippen LogP) is 4.08. The van der Waals surface area contributed by atoms with Gasteiger partial charge in [-0.25, -0.2) is 0 Å². The molecule has 0 bridgehead atoms. The fourth-order valence-corrected chi connectivity index (χ4v) is 5.93. The van der Waals surface area contributed by atoms with E-state index in [1.165, 1.54) is 24.3 Å². The van der Waals surface area contributed by atoms with Crippen molar-refractivity contribution in [3.05, 3.63) is 35.4 Å². The van der Waals surface area contributed by atoms with Crippen molar-refractivity contribution in [3.8, 4) is 23.0 Å². The molecular weight excluding hydrogens is 508 g/mol. The monoisotopic (exact) mass is 556 g/mol. The lowest BCUT2D eigenvalue weighted by atomic mass is 9.62. The van der Waals surface area contributed by atoms with Crippen molar-refractivity contribution in [1.29, 1.82) is 0 Å². The van der Waals surface area contributed by atoms with E-state index in [1.807, 2.05) is 0 Å². The summed E-state index contributed by atoms with van der Waals surface area (Å²) in [5.41, 5.74) is 1.12. The van der Waals surface area contributed by atoms with Crippen molar-refractivity contribution in [2.75, 3.05) is 36.0 Å². The number of phenolic OH excluding ortho intramolecular Hbond substituents is 4. The van der Waals surface area contributed by atoms with E-state index in [9.17, 15) is 30.6 Å². The van der Waals surface area contributed by atoms with Crippen LogP contribution in [0.1, 0.15) is 78.4 Å². The van der Waals surface area contributed by atoms with Gasteiger partial charge in [0.25, 0.3) is 0 Å². The molecule has 2 aromatic rings. The highest BCUT2D eigenvalue weighted by molar-refractivity contribution is 5.64. The lowest BCUT2D eigenvalue weighted by Crippen LogP contribution is -2.63. The Balaban J connectivity index is 1.91. The van der Waals surface area contributed by atoms with Gasteiger partial charge in [-0.3, -0.25) is 0 Å². The van der Waals surface area contributed by atoms with Gasteiger partial charge in [0.1, 0.15) is 23.0 Å². The first kappa shape index (κ1) is 31.7. The minimum absolute atomic E-state index is 0.0651. The minimum Gasteiger partial charge on any atom is -0.851 e. The van der Waals surface area contributed by atoms with Crippen LogP contribution in [0.4, 0.5) is 11.4 Å². The van der Waals surface area contributed by atoms with Gasteiger partial charge in [0.05, 0.1) is 0 Å². The zero-order chi connectivity index (χ0) is 30.0. The summed E-state index contributed by atoms with van der Waals surface area (Å²) in [6, 6.07) is 6.03. The minimum atomic E-state index is -1.56. The fourth-order valence-electron chi connectivity index (χ4n) is 5.93. The first-order valence-corrected chi connectivity index (χ1v) is 14.5. The highest BCUT2D eigenvalue weighted by Gasteiger charge is 2.43. The van der Waals surface area contributed by atoms with Crippen LogP contribution in [-0.2, 0) is 0 Å². The molecule has 2 aromatic carbocycles. The third-order valence-electron chi connectivity index (χ3n) is 7.40. The molecule has 224 valence electrons. The molecule has 0 aromatic heterocycles. The van der Waals surface area contributed by atoms with Crippen LogP contribution in [0.15, 0.2) is 24.3 Å². The molecule has 0 radical (unpaired) electrons. The van der Waals surface area contributed by atoms with Gasteiger partial charge in [0.15, 0.2) is 0 Å². The van der Waals surface area contributed by atoms with Crippen LogP contribution in [0.3, 0.4) is 0 Å². The maximum atomic E-state index is 13.4. The zero-order valence-corrected chi connectivity index (χ0v) is 25.3. The quantitative estimate of drug-likeness (QED) is 0.307. The second-order valence-electron chi connectivity index (χ2n) is 13.2. The van der Waals surface area contributed by atoms with Gasteiger partial charge >= 0.3 is 0 Å². The molecule has 4 N–H and O–H groups in total. The summed E-state index contributed by atoms with van der Waals surface area (Å²) in [4.78, 5) is 4.15. The summed E-state index contributed by atoms with van der Waals surface area (Å²) in [6.07, 6.45) is -3.12. The Morgan fingerprint density at radius 3 is 0.950 bits per heavy atom. The second-order valence-corrected chi connectivity index (χ2v) is 13.2. The van der Waals surface area contributed by atoms with Gasteiger partial charge in [0.2, 0.25) is 0 Å². The number of hydrogen-bond acceptors (Lipinski definition) is 8. The molecule has 0 atom stereocenters. The molecule has 0 saturated heterocycles. The Bertz CT molecular complexity index is 985. The number of nitrogens with zero attached hydrogens (tertiary/aromatic N) is 2. The number of anilines is 2. The molecule has 1 saturated carbocycles. The molecule has 40 heavy (non-hydrogen) atoms. The second kappa shape index (κ2) is 12.8. The molecule has 1 aliphatic rings. The molecule has 3 rings (SSSR count). The molecular formula is C32H48N2O6-2. The highest BCUT2D eigenvalue weighted by atomic mass is 16.3. The molecule has 1 aliphatic carbocycles. The summed E-state index contributed by atoms with van der Waals surface area (Å²) in [5, 5.41) is 70.4. The average molecular weight is 557 g/mol. The zero-order valence-electron chi connectivity index (χ0n) is 25.3. The largest absolute Gasteiger partial charge is 0.851 e. The van der Waals surface area contributed by atoms with E-state index < -0.39 is 24.0 Å². The van der Waals surface area contributed by atoms with E-state index in [4.69, 9.17) is 0 Å². The molecule has 0 unspecified atom stereocenters. The number of aromatic hydroxyl groups is 4. The summed E-state index contributed by atoms with van der Waals surface area (Å²) in [5.74, 6) is -2.19. The summed E-state index contributed by atoms with van der Waals surface area (Å²) in [7, 11) is 0. The Morgan fingerprint density at radius 2 is 0.750 bits per heavy atom. The van der Waals surface area contributed by atoms with Crippen LogP contribution < -0.4 is 20.0 Å². The molecule has 0 heterocycles. The van der Waals surface area contributed by atoms with Gasteiger partial charge in [-0.05, 0) is 35.5 Å². The van der Waals surface area contributed by atoms with Crippen molar-refractivity contribution < 1.29 is 30.6 Å². The van der Waals surface area contributed by atoms with Crippen LogP contribution in [0.5, 0.6) is 23.0 Å². The first-order chi connectivity index (χ1) is 18.6. The predicted molar refractivity (Wildman–Crippen MR) is 156 cm³/mol. The Morgan fingerprint density at radius 1 is 0.525 bits per heavy atom. The normalized spacial score (nSPS) is 20.9. The van der Waals surface area contributed by atoms with Crippen molar-refractivity contribution in [2.24, 2.45) is 23.7 Å².